The summed E-state index contributed by atoms with van der Waals surface area (Å²) in [6, 6.07) is 13.9. The van der Waals surface area contributed by atoms with Crippen molar-refractivity contribution < 1.29 is 4.79 Å². The third-order valence-electron chi connectivity index (χ3n) is 4.35. The molecule has 0 radical (unpaired) electrons. The van der Waals surface area contributed by atoms with Gasteiger partial charge in [0.25, 0.3) is 0 Å². The Kier molecular flexibility index (Phi) is 3.98. The molecule has 3 heterocycles. The van der Waals surface area contributed by atoms with E-state index in [1.807, 2.05) is 49.4 Å². The van der Waals surface area contributed by atoms with Crippen molar-refractivity contribution in [2.75, 3.05) is 0 Å². The topological polar surface area (TPSA) is 58.5 Å². The van der Waals surface area contributed by atoms with E-state index in [1.54, 1.807) is 17.4 Å². The summed E-state index contributed by atoms with van der Waals surface area (Å²) in [6.45, 7) is 2.42. The molecule has 0 fully saturated rings. The first-order valence-corrected chi connectivity index (χ1v) is 8.34. The number of para-hydroxylation sites is 1. The van der Waals surface area contributed by atoms with Crippen molar-refractivity contribution >= 4 is 22.5 Å². The highest BCUT2D eigenvalue weighted by atomic mass is 16.2. The SMILES string of the molecule is Cc1cc(CN2N=C(c3cccnc3)CCC2=O)c2ccccc2n1. The Morgan fingerprint density at radius 1 is 1.12 bits per heavy atom. The van der Waals surface area contributed by atoms with E-state index in [4.69, 9.17) is 0 Å². The number of amides is 1. The minimum Gasteiger partial charge on any atom is -0.273 e. The number of benzene rings is 1. The summed E-state index contributed by atoms with van der Waals surface area (Å²) in [7, 11) is 0. The molecule has 1 aromatic carbocycles. The van der Waals surface area contributed by atoms with Gasteiger partial charge >= 0.3 is 0 Å². The standard InChI is InChI=1S/C20H18N4O/c1-14-11-16(17-6-2-3-7-19(17)22-14)13-24-20(25)9-8-18(23-24)15-5-4-10-21-12-15/h2-7,10-12H,8-9,13H2,1H3. The summed E-state index contributed by atoms with van der Waals surface area (Å²) < 4.78 is 0. The summed E-state index contributed by atoms with van der Waals surface area (Å²) in [5.74, 6) is 0.0474. The molecular weight excluding hydrogens is 312 g/mol. The van der Waals surface area contributed by atoms with Crippen LogP contribution < -0.4 is 0 Å². The number of fused-ring (bicyclic) bond motifs is 1. The van der Waals surface area contributed by atoms with Gasteiger partial charge in [0, 0.05) is 41.9 Å². The van der Waals surface area contributed by atoms with Gasteiger partial charge in [-0.1, -0.05) is 24.3 Å². The molecule has 0 aliphatic carbocycles. The lowest BCUT2D eigenvalue weighted by atomic mass is 10.0. The van der Waals surface area contributed by atoms with Crippen molar-refractivity contribution in [1.82, 2.24) is 15.0 Å². The molecule has 0 atom stereocenters. The van der Waals surface area contributed by atoms with Gasteiger partial charge in [0.2, 0.25) is 5.91 Å². The smallest absolute Gasteiger partial charge is 0.243 e. The Hall–Kier alpha value is -3.08. The number of carbonyl (C=O) groups excluding carboxylic acids is 1. The average molecular weight is 330 g/mol. The summed E-state index contributed by atoms with van der Waals surface area (Å²) >= 11 is 0. The Balaban J connectivity index is 1.71. The van der Waals surface area contributed by atoms with Gasteiger partial charge in [-0.15, -0.1) is 0 Å². The first-order chi connectivity index (χ1) is 12.2. The maximum atomic E-state index is 12.4. The van der Waals surface area contributed by atoms with E-state index in [-0.39, 0.29) is 5.91 Å². The maximum Gasteiger partial charge on any atom is 0.243 e. The molecule has 1 aliphatic heterocycles. The third-order valence-corrected chi connectivity index (χ3v) is 4.35. The highest BCUT2D eigenvalue weighted by Crippen LogP contribution is 2.22. The Morgan fingerprint density at radius 3 is 2.84 bits per heavy atom. The summed E-state index contributed by atoms with van der Waals surface area (Å²) in [5, 5.41) is 7.24. The van der Waals surface area contributed by atoms with Gasteiger partial charge in [-0.3, -0.25) is 14.8 Å². The van der Waals surface area contributed by atoms with Crippen molar-refractivity contribution in [3.8, 4) is 0 Å². The molecule has 0 unspecified atom stereocenters. The van der Waals surface area contributed by atoms with Crippen LogP contribution in [0.5, 0.6) is 0 Å². The zero-order chi connectivity index (χ0) is 17.2. The van der Waals surface area contributed by atoms with Crippen LogP contribution in [0, 0.1) is 6.92 Å². The average Bonchev–Trinajstić information content (AvgIpc) is 2.64. The second-order valence-corrected chi connectivity index (χ2v) is 6.18. The first kappa shape index (κ1) is 15.4. The number of rotatable bonds is 3. The van der Waals surface area contributed by atoms with E-state index < -0.39 is 0 Å². The maximum absolute atomic E-state index is 12.4. The number of pyridine rings is 2. The van der Waals surface area contributed by atoms with Gasteiger partial charge in [-0.2, -0.15) is 5.10 Å². The summed E-state index contributed by atoms with van der Waals surface area (Å²) in [6.07, 6.45) is 4.65. The molecule has 0 saturated carbocycles. The van der Waals surface area contributed by atoms with Gasteiger partial charge in [0.05, 0.1) is 17.8 Å². The highest BCUT2D eigenvalue weighted by molar-refractivity contribution is 6.04. The summed E-state index contributed by atoms with van der Waals surface area (Å²) in [4.78, 5) is 21.1. The zero-order valence-electron chi connectivity index (χ0n) is 14.0. The van der Waals surface area contributed by atoms with Gasteiger partial charge in [0.15, 0.2) is 0 Å². The fraction of sp³-hybridized carbons (Fsp3) is 0.200. The third kappa shape index (κ3) is 3.13. The number of aryl methyl sites for hydroxylation is 1. The van der Waals surface area contributed by atoms with Crippen LogP contribution in [0.15, 0.2) is 60.0 Å². The lowest BCUT2D eigenvalue weighted by Crippen LogP contribution is -2.31. The van der Waals surface area contributed by atoms with Crippen LogP contribution in [0.4, 0.5) is 0 Å². The Morgan fingerprint density at radius 2 is 2.00 bits per heavy atom. The monoisotopic (exact) mass is 330 g/mol. The molecule has 4 rings (SSSR count). The van der Waals surface area contributed by atoms with Crippen LogP contribution >= 0.6 is 0 Å². The number of hydrogen-bond acceptors (Lipinski definition) is 4. The zero-order valence-corrected chi connectivity index (χ0v) is 14.0. The van der Waals surface area contributed by atoms with Gasteiger partial charge < -0.3 is 0 Å². The lowest BCUT2D eigenvalue weighted by Gasteiger charge is -2.24. The molecule has 3 aromatic rings. The molecule has 0 spiro atoms. The quantitative estimate of drug-likeness (QED) is 0.739. The van der Waals surface area contributed by atoms with Crippen LogP contribution in [0.25, 0.3) is 10.9 Å². The van der Waals surface area contributed by atoms with Gasteiger partial charge in [-0.25, -0.2) is 5.01 Å². The van der Waals surface area contributed by atoms with E-state index in [9.17, 15) is 4.79 Å². The molecular formula is C20H18N4O. The molecule has 1 aliphatic rings. The van der Waals surface area contributed by atoms with Crippen molar-refractivity contribution in [2.24, 2.45) is 5.10 Å². The molecule has 2 aromatic heterocycles. The Labute approximate surface area is 146 Å². The minimum atomic E-state index is 0.0474. The van der Waals surface area contributed by atoms with Crippen LogP contribution in [-0.4, -0.2) is 26.6 Å². The summed E-state index contributed by atoms with van der Waals surface area (Å²) in [5.41, 5.74) is 4.82. The number of nitrogens with zero attached hydrogens (tertiary/aromatic N) is 4. The van der Waals surface area contributed by atoms with Gasteiger partial charge in [-0.05, 0) is 30.7 Å². The molecule has 5 nitrogen and oxygen atoms in total. The van der Waals surface area contributed by atoms with Crippen LogP contribution in [0.1, 0.15) is 29.7 Å². The molecule has 0 bridgehead atoms. The molecule has 0 N–H and O–H groups in total. The van der Waals surface area contributed by atoms with Crippen LogP contribution in [0.2, 0.25) is 0 Å². The lowest BCUT2D eigenvalue weighted by molar-refractivity contribution is -0.132. The highest BCUT2D eigenvalue weighted by Gasteiger charge is 2.22. The van der Waals surface area contributed by atoms with E-state index >= 15 is 0 Å². The fourth-order valence-corrected chi connectivity index (χ4v) is 3.15. The molecule has 124 valence electrons. The molecule has 5 heteroatoms. The van der Waals surface area contributed by atoms with Crippen molar-refractivity contribution in [3.63, 3.8) is 0 Å². The fourth-order valence-electron chi connectivity index (χ4n) is 3.15. The minimum absolute atomic E-state index is 0.0474. The van der Waals surface area contributed by atoms with Crippen molar-refractivity contribution in [1.29, 1.82) is 0 Å². The second kappa shape index (κ2) is 6.43. The van der Waals surface area contributed by atoms with E-state index in [2.05, 4.69) is 15.1 Å². The molecule has 25 heavy (non-hydrogen) atoms. The normalized spacial score (nSPS) is 14.7. The van der Waals surface area contributed by atoms with Crippen LogP contribution in [-0.2, 0) is 11.3 Å². The van der Waals surface area contributed by atoms with Crippen molar-refractivity contribution in [2.45, 2.75) is 26.3 Å². The number of hydrazone groups is 1. The van der Waals surface area contributed by atoms with Gasteiger partial charge in [0.1, 0.15) is 0 Å². The number of aromatic nitrogens is 2. The van der Waals surface area contributed by atoms with E-state index in [0.717, 1.165) is 33.4 Å². The largest absolute Gasteiger partial charge is 0.273 e. The molecule has 1 amide bonds. The first-order valence-electron chi connectivity index (χ1n) is 8.34. The number of hydrogen-bond donors (Lipinski definition) is 0. The molecule has 0 saturated heterocycles. The van der Waals surface area contributed by atoms with E-state index in [1.165, 1.54) is 0 Å². The van der Waals surface area contributed by atoms with Crippen LogP contribution in [0.3, 0.4) is 0 Å². The predicted molar refractivity (Wildman–Crippen MR) is 97.0 cm³/mol. The predicted octanol–water partition coefficient (Wildman–Crippen LogP) is 3.46. The Bertz CT molecular complexity index is 966. The van der Waals surface area contributed by atoms with Crippen molar-refractivity contribution in [3.05, 3.63) is 71.7 Å². The van der Waals surface area contributed by atoms with E-state index in [0.29, 0.717) is 19.4 Å². The number of carbonyl (C=O) groups is 1. The second-order valence-electron chi connectivity index (χ2n) is 6.18.